The molecule has 0 aromatic carbocycles. The van der Waals surface area contributed by atoms with E-state index in [1.54, 1.807) is 0 Å². The summed E-state index contributed by atoms with van der Waals surface area (Å²) in [6.45, 7) is 0.400. The van der Waals surface area contributed by atoms with Gasteiger partial charge >= 0.3 is 0 Å². The normalized spacial score (nSPS) is 16.8. The number of carbonyl (C=O) groups excluding carboxylic acids is 1. The lowest BCUT2D eigenvalue weighted by atomic mass is 9.99. The number of fused-ring (bicyclic) bond motifs is 3. The van der Waals surface area contributed by atoms with Crippen LogP contribution in [0.15, 0.2) is 4.99 Å². The van der Waals surface area contributed by atoms with Gasteiger partial charge in [0.1, 0.15) is 21.4 Å². The molecule has 7 nitrogen and oxygen atoms in total. The molecular weight excluding hydrogens is 361 g/mol. The number of hydrogen-bond acceptors (Lipinski definition) is 6. The molecule has 0 bridgehead atoms. The number of nitrogens with two attached hydrogens (primary N) is 1. The summed E-state index contributed by atoms with van der Waals surface area (Å²) in [7, 11) is 0. The number of anilines is 1. The van der Waals surface area contributed by atoms with Gasteiger partial charge in [-0.3, -0.25) is 4.79 Å². The third-order valence-corrected chi connectivity index (χ3v) is 5.64. The van der Waals surface area contributed by atoms with E-state index in [2.05, 4.69) is 20.3 Å². The molecule has 2 aliphatic heterocycles. The maximum absolute atomic E-state index is 12.3. The minimum atomic E-state index is -0.294. The highest BCUT2D eigenvalue weighted by Crippen LogP contribution is 2.52. The molecular formula is C13H9Cl2N5O2S. The number of aromatic amines is 1. The molecule has 4 heterocycles. The number of hydrogen-bond donors (Lipinski definition) is 4. The monoisotopic (exact) mass is 369 g/mol. The first kappa shape index (κ1) is 14.6. The molecule has 0 saturated heterocycles. The van der Waals surface area contributed by atoms with Gasteiger partial charge in [0.05, 0.1) is 9.90 Å². The second-order valence-corrected chi connectivity index (χ2v) is 7.01. The van der Waals surface area contributed by atoms with Gasteiger partial charge in [0.25, 0.3) is 5.91 Å². The molecule has 2 aliphatic rings. The number of aromatic hydroxyl groups is 1. The zero-order chi connectivity index (χ0) is 16.3. The van der Waals surface area contributed by atoms with Crippen molar-refractivity contribution in [2.45, 2.75) is 6.42 Å². The molecule has 0 unspecified atom stereocenters. The molecule has 118 valence electrons. The number of aliphatic imine (C=N–C) groups is 1. The van der Waals surface area contributed by atoms with E-state index in [4.69, 9.17) is 28.9 Å². The molecule has 2 aromatic heterocycles. The first-order valence-electron chi connectivity index (χ1n) is 6.60. The second-order valence-electron chi connectivity index (χ2n) is 5.01. The van der Waals surface area contributed by atoms with Crippen molar-refractivity contribution in [3.63, 3.8) is 0 Å². The minimum absolute atomic E-state index is 0.0908. The Balaban J connectivity index is 2.04. The van der Waals surface area contributed by atoms with Crippen molar-refractivity contribution in [3.8, 4) is 5.88 Å². The number of nitrogen functional groups attached to an aromatic ring is 1. The van der Waals surface area contributed by atoms with E-state index < -0.39 is 0 Å². The Labute approximate surface area is 143 Å². The molecule has 4 rings (SSSR count). The van der Waals surface area contributed by atoms with Crippen LogP contribution in [0.1, 0.15) is 17.0 Å². The van der Waals surface area contributed by atoms with Crippen LogP contribution in [-0.2, 0) is 4.79 Å². The zero-order valence-electron chi connectivity index (χ0n) is 11.4. The van der Waals surface area contributed by atoms with Crippen LogP contribution >= 0.6 is 34.5 Å². The number of amides is 1. The number of aromatic nitrogens is 2. The Hall–Kier alpha value is -2.03. The molecule has 0 radical (unpaired) electrons. The van der Waals surface area contributed by atoms with Crippen LogP contribution in [0.4, 0.5) is 11.6 Å². The van der Waals surface area contributed by atoms with E-state index in [0.717, 1.165) is 0 Å². The van der Waals surface area contributed by atoms with E-state index in [9.17, 15) is 9.90 Å². The average Bonchev–Trinajstić information content (AvgIpc) is 3.07. The molecule has 23 heavy (non-hydrogen) atoms. The molecule has 0 aliphatic carbocycles. The highest BCUT2D eigenvalue weighted by Gasteiger charge is 2.36. The van der Waals surface area contributed by atoms with Crippen molar-refractivity contribution in [2.75, 3.05) is 12.3 Å². The van der Waals surface area contributed by atoms with Gasteiger partial charge in [0, 0.05) is 12.1 Å². The van der Waals surface area contributed by atoms with Crippen molar-refractivity contribution in [1.29, 1.82) is 0 Å². The SMILES string of the molecule is Nc1nc(O)c(C2=C3C(=Nc4c3sc(Cl)c4Cl)C(=O)NCC2)[nH]1. The van der Waals surface area contributed by atoms with Crippen LogP contribution in [0.3, 0.4) is 0 Å². The Morgan fingerprint density at radius 3 is 2.83 bits per heavy atom. The fraction of sp³-hybridized carbons (Fsp3) is 0.154. The summed E-state index contributed by atoms with van der Waals surface area (Å²) >= 11 is 13.5. The zero-order valence-corrected chi connectivity index (χ0v) is 13.7. The lowest BCUT2D eigenvalue weighted by molar-refractivity contribution is -0.114. The Morgan fingerprint density at radius 2 is 2.13 bits per heavy atom. The van der Waals surface area contributed by atoms with Gasteiger partial charge in [0.2, 0.25) is 11.8 Å². The van der Waals surface area contributed by atoms with Crippen LogP contribution in [0, 0.1) is 0 Å². The largest absolute Gasteiger partial charge is 0.492 e. The maximum Gasteiger partial charge on any atom is 0.270 e. The summed E-state index contributed by atoms with van der Waals surface area (Å²) in [5.41, 5.74) is 8.01. The van der Waals surface area contributed by atoms with Crippen molar-refractivity contribution in [2.24, 2.45) is 4.99 Å². The number of nitrogens with zero attached hydrogens (tertiary/aromatic N) is 2. The van der Waals surface area contributed by atoms with Crippen molar-refractivity contribution in [1.82, 2.24) is 15.3 Å². The van der Waals surface area contributed by atoms with Crippen molar-refractivity contribution in [3.05, 3.63) is 19.9 Å². The predicted molar refractivity (Wildman–Crippen MR) is 90.5 cm³/mol. The first-order valence-corrected chi connectivity index (χ1v) is 8.18. The second kappa shape index (κ2) is 4.98. The van der Waals surface area contributed by atoms with E-state index in [0.29, 0.717) is 49.7 Å². The summed E-state index contributed by atoms with van der Waals surface area (Å²) in [6.07, 6.45) is 0.474. The summed E-state index contributed by atoms with van der Waals surface area (Å²) in [5.74, 6) is -0.424. The van der Waals surface area contributed by atoms with Gasteiger partial charge in [-0.15, -0.1) is 11.3 Å². The number of imidazole rings is 1. The van der Waals surface area contributed by atoms with Gasteiger partial charge in [-0.1, -0.05) is 23.2 Å². The summed E-state index contributed by atoms with van der Waals surface area (Å²) < 4.78 is 0.407. The number of carbonyl (C=O) groups is 1. The van der Waals surface area contributed by atoms with Crippen LogP contribution in [0.25, 0.3) is 11.1 Å². The first-order chi connectivity index (χ1) is 11.0. The number of H-pyrrole nitrogens is 1. The van der Waals surface area contributed by atoms with Crippen LogP contribution in [0.2, 0.25) is 9.36 Å². The number of rotatable bonds is 1. The fourth-order valence-electron chi connectivity index (χ4n) is 2.72. The van der Waals surface area contributed by atoms with Gasteiger partial charge < -0.3 is 21.1 Å². The highest BCUT2D eigenvalue weighted by atomic mass is 35.5. The van der Waals surface area contributed by atoms with E-state index >= 15 is 0 Å². The lowest BCUT2D eigenvalue weighted by Crippen LogP contribution is -2.29. The summed E-state index contributed by atoms with van der Waals surface area (Å²) in [6, 6.07) is 0. The maximum atomic E-state index is 12.3. The van der Waals surface area contributed by atoms with Gasteiger partial charge in [0.15, 0.2) is 0 Å². The molecule has 2 aromatic rings. The van der Waals surface area contributed by atoms with Crippen molar-refractivity contribution >= 4 is 68.9 Å². The van der Waals surface area contributed by atoms with E-state index in [-0.39, 0.29) is 23.4 Å². The Morgan fingerprint density at radius 1 is 1.35 bits per heavy atom. The van der Waals surface area contributed by atoms with Crippen LogP contribution in [-0.4, -0.2) is 33.2 Å². The number of nitrogens with one attached hydrogen (secondary N) is 2. The molecule has 5 N–H and O–H groups in total. The molecule has 0 atom stereocenters. The molecule has 10 heteroatoms. The number of halogens is 2. The van der Waals surface area contributed by atoms with Crippen molar-refractivity contribution < 1.29 is 9.90 Å². The Kier molecular flexibility index (Phi) is 3.15. The van der Waals surface area contributed by atoms with Crippen LogP contribution in [0.5, 0.6) is 5.88 Å². The molecule has 0 spiro atoms. The van der Waals surface area contributed by atoms with Crippen LogP contribution < -0.4 is 11.1 Å². The molecule has 0 saturated carbocycles. The Bertz CT molecular complexity index is 927. The van der Waals surface area contributed by atoms with E-state index in [1.807, 2.05) is 0 Å². The smallest absolute Gasteiger partial charge is 0.270 e. The highest BCUT2D eigenvalue weighted by molar-refractivity contribution is 7.19. The van der Waals surface area contributed by atoms with Gasteiger partial charge in [-0.2, -0.15) is 4.98 Å². The molecule has 0 fully saturated rings. The predicted octanol–water partition coefficient (Wildman–Crippen LogP) is 2.58. The average molecular weight is 370 g/mol. The van der Waals surface area contributed by atoms with Gasteiger partial charge in [-0.05, 0) is 12.0 Å². The third kappa shape index (κ3) is 2.06. The van der Waals surface area contributed by atoms with E-state index in [1.165, 1.54) is 11.3 Å². The van der Waals surface area contributed by atoms with Gasteiger partial charge in [-0.25, -0.2) is 4.99 Å². The molecule has 1 amide bonds. The number of thiophene rings is 1. The third-order valence-electron chi connectivity index (χ3n) is 3.66. The summed E-state index contributed by atoms with van der Waals surface area (Å²) in [5, 5.41) is 13.1. The standard InChI is InChI=1S/C13H9Cl2N5O2S/c14-5-8-9(23-10(5)15)4-3(6-12(22)20-13(16)19-6)1-2-17-11(21)7(4)18-8/h22H,1-2H2,(H,17,21)(H3,16,19,20). The lowest BCUT2D eigenvalue weighted by Gasteiger charge is -2.07. The fourth-order valence-corrected chi connectivity index (χ4v) is 4.28. The summed E-state index contributed by atoms with van der Waals surface area (Å²) in [4.78, 5) is 23.9. The topological polar surface area (TPSA) is 116 Å². The minimum Gasteiger partial charge on any atom is -0.492 e. The quantitative estimate of drug-likeness (QED) is 0.617.